The molecule has 0 saturated carbocycles. The number of rotatable bonds is 7. The van der Waals surface area contributed by atoms with Gasteiger partial charge in [0.15, 0.2) is 0 Å². The van der Waals surface area contributed by atoms with Gasteiger partial charge in [-0.3, -0.25) is 4.90 Å². The Labute approximate surface area is 128 Å². The lowest BCUT2D eigenvalue weighted by Crippen LogP contribution is -2.49. The first kappa shape index (κ1) is 16.3. The summed E-state index contributed by atoms with van der Waals surface area (Å²) in [6.45, 7) is 9.91. The van der Waals surface area contributed by atoms with Crippen molar-refractivity contribution in [2.75, 3.05) is 40.0 Å². The predicted octanol–water partition coefficient (Wildman–Crippen LogP) is 2.20. The molecule has 118 valence electrons. The summed E-state index contributed by atoms with van der Waals surface area (Å²) in [5, 5.41) is 3.51. The van der Waals surface area contributed by atoms with Gasteiger partial charge < -0.3 is 14.8 Å². The molecule has 1 unspecified atom stereocenters. The SMILES string of the molecule is CCCNCC1COCCN1Cc1cc(C)ccc1OC. The van der Waals surface area contributed by atoms with Crippen LogP contribution in [-0.2, 0) is 11.3 Å². The van der Waals surface area contributed by atoms with Crippen molar-refractivity contribution in [3.63, 3.8) is 0 Å². The summed E-state index contributed by atoms with van der Waals surface area (Å²) in [5.74, 6) is 0.979. The Morgan fingerprint density at radius 1 is 1.43 bits per heavy atom. The second-order valence-electron chi connectivity index (χ2n) is 5.72. The van der Waals surface area contributed by atoms with Crippen LogP contribution in [0, 0.1) is 6.92 Å². The molecule has 1 aliphatic heterocycles. The van der Waals surface area contributed by atoms with E-state index in [4.69, 9.17) is 9.47 Å². The lowest BCUT2D eigenvalue weighted by atomic mass is 10.1. The quantitative estimate of drug-likeness (QED) is 0.781. The Balaban J connectivity index is 2.02. The minimum Gasteiger partial charge on any atom is -0.496 e. The van der Waals surface area contributed by atoms with Gasteiger partial charge >= 0.3 is 0 Å². The van der Waals surface area contributed by atoms with E-state index in [1.165, 1.54) is 17.5 Å². The summed E-state index contributed by atoms with van der Waals surface area (Å²) >= 11 is 0. The Morgan fingerprint density at radius 2 is 2.29 bits per heavy atom. The van der Waals surface area contributed by atoms with E-state index >= 15 is 0 Å². The van der Waals surface area contributed by atoms with Crippen LogP contribution >= 0.6 is 0 Å². The zero-order valence-electron chi connectivity index (χ0n) is 13.5. The molecule has 0 aromatic heterocycles. The molecule has 4 heteroatoms. The molecule has 1 N–H and O–H groups in total. The molecule has 0 radical (unpaired) electrons. The van der Waals surface area contributed by atoms with Crippen LogP contribution in [0.3, 0.4) is 0 Å². The van der Waals surface area contributed by atoms with Crippen molar-refractivity contribution in [2.24, 2.45) is 0 Å². The lowest BCUT2D eigenvalue weighted by Gasteiger charge is -2.36. The van der Waals surface area contributed by atoms with E-state index in [0.717, 1.165) is 45.1 Å². The summed E-state index contributed by atoms with van der Waals surface area (Å²) in [5.41, 5.74) is 2.54. The molecule has 0 bridgehead atoms. The van der Waals surface area contributed by atoms with E-state index in [0.29, 0.717) is 6.04 Å². The molecule has 1 atom stereocenters. The first-order valence-electron chi connectivity index (χ1n) is 7.90. The maximum absolute atomic E-state index is 5.65. The highest BCUT2D eigenvalue weighted by Gasteiger charge is 2.23. The van der Waals surface area contributed by atoms with Crippen LogP contribution in [0.4, 0.5) is 0 Å². The van der Waals surface area contributed by atoms with Gasteiger partial charge in [-0.15, -0.1) is 0 Å². The third kappa shape index (κ3) is 4.70. The Morgan fingerprint density at radius 3 is 3.05 bits per heavy atom. The number of hydrogen-bond acceptors (Lipinski definition) is 4. The first-order valence-corrected chi connectivity index (χ1v) is 7.90. The summed E-state index contributed by atoms with van der Waals surface area (Å²) in [6, 6.07) is 6.83. The summed E-state index contributed by atoms with van der Waals surface area (Å²) in [6.07, 6.45) is 1.17. The molecular formula is C17H28N2O2. The zero-order valence-corrected chi connectivity index (χ0v) is 13.5. The van der Waals surface area contributed by atoms with E-state index < -0.39 is 0 Å². The lowest BCUT2D eigenvalue weighted by molar-refractivity contribution is -0.0111. The number of hydrogen-bond donors (Lipinski definition) is 1. The van der Waals surface area contributed by atoms with Crippen molar-refractivity contribution in [3.8, 4) is 5.75 Å². The van der Waals surface area contributed by atoms with Crippen molar-refractivity contribution in [3.05, 3.63) is 29.3 Å². The number of aryl methyl sites for hydroxylation is 1. The summed E-state index contributed by atoms with van der Waals surface area (Å²) < 4.78 is 11.2. The second kappa shape index (κ2) is 8.37. The summed E-state index contributed by atoms with van der Waals surface area (Å²) in [7, 11) is 1.74. The number of ether oxygens (including phenoxy) is 2. The topological polar surface area (TPSA) is 33.7 Å². The molecule has 0 aliphatic carbocycles. The van der Waals surface area contributed by atoms with Gasteiger partial charge in [0, 0.05) is 31.2 Å². The number of nitrogens with zero attached hydrogens (tertiary/aromatic N) is 1. The van der Waals surface area contributed by atoms with Gasteiger partial charge in [-0.1, -0.05) is 24.6 Å². The van der Waals surface area contributed by atoms with Gasteiger partial charge in [0.25, 0.3) is 0 Å². The average molecular weight is 292 g/mol. The third-order valence-electron chi connectivity index (χ3n) is 3.97. The van der Waals surface area contributed by atoms with Crippen molar-refractivity contribution < 1.29 is 9.47 Å². The molecule has 1 saturated heterocycles. The molecule has 2 rings (SSSR count). The van der Waals surface area contributed by atoms with Gasteiger partial charge in [0.1, 0.15) is 5.75 Å². The average Bonchev–Trinajstić information content (AvgIpc) is 2.49. The fraction of sp³-hybridized carbons (Fsp3) is 0.647. The van der Waals surface area contributed by atoms with Crippen molar-refractivity contribution in [1.82, 2.24) is 10.2 Å². The predicted molar refractivity (Wildman–Crippen MR) is 85.9 cm³/mol. The van der Waals surface area contributed by atoms with E-state index in [1.54, 1.807) is 7.11 Å². The highest BCUT2D eigenvalue weighted by atomic mass is 16.5. The number of benzene rings is 1. The van der Waals surface area contributed by atoms with Crippen molar-refractivity contribution >= 4 is 0 Å². The van der Waals surface area contributed by atoms with Crippen LogP contribution < -0.4 is 10.1 Å². The monoisotopic (exact) mass is 292 g/mol. The fourth-order valence-corrected chi connectivity index (χ4v) is 2.78. The van der Waals surface area contributed by atoms with Crippen LogP contribution in [0.15, 0.2) is 18.2 Å². The van der Waals surface area contributed by atoms with Gasteiger partial charge in [-0.05, 0) is 26.0 Å². The molecule has 4 nitrogen and oxygen atoms in total. The van der Waals surface area contributed by atoms with Gasteiger partial charge in [0.2, 0.25) is 0 Å². The molecule has 1 heterocycles. The highest BCUT2D eigenvalue weighted by molar-refractivity contribution is 5.36. The number of methoxy groups -OCH3 is 1. The number of nitrogens with one attached hydrogen (secondary N) is 1. The van der Waals surface area contributed by atoms with Crippen LogP contribution in [0.2, 0.25) is 0 Å². The van der Waals surface area contributed by atoms with E-state index in [2.05, 4.69) is 42.3 Å². The van der Waals surface area contributed by atoms with Crippen LogP contribution in [-0.4, -0.2) is 50.9 Å². The molecule has 1 fully saturated rings. The van der Waals surface area contributed by atoms with E-state index in [1.807, 2.05) is 0 Å². The fourth-order valence-electron chi connectivity index (χ4n) is 2.78. The Hall–Kier alpha value is -1.10. The van der Waals surface area contributed by atoms with E-state index in [-0.39, 0.29) is 0 Å². The molecule has 1 aromatic rings. The Kier molecular flexibility index (Phi) is 6.49. The Bertz CT molecular complexity index is 437. The van der Waals surface area contributed by atoms with Crippen LogP contribution in [0.5, 0.6) is 5.75 Å². The van der Waals surface area contributed by atoms with Gasteiger partial charge in [0.05, 0.1) is 20.3 Å². The van der Waals surface area contributed by atoms with Gasteiger partial charge in [-0.2, -0.15) is 0 Å². The molecule has 21 heavy (non-hydrogen) atoms. The number of morpholine rings is 1. The third-order valence-corrected chi connectivity index (χ3v) is 3.97. The minimum absolute atomic E-state index is 0.440. The smallest absolute Gasteiger partial charge is 0.123 e. The minimum atomic E-state index is 0.440. The molecule has 0 spiro atoms. The second-order valence-corrected chi connectivity index (χ2v) is 5.72. The standard InChI is InChI=1S/C17H28N2O2/c1-4-7-18-11-16-13-21-9-8-19(16)12-15-10-14(2)5-6-17(15)20-3/h5-6,10,16,18H,4,7-9,11-13H2,1-3H3. The van der Waals surface area contributed by atoms with Crippen molar-refractivity contribution in [1.29, 1.82) is 0 Å². The molecule has 1 aliphatic rings. The summed E-state index contributed by atoms with van der Waals surface area (Å²) in [4.78, 5) is 2.50. The van der Waals surface area contributed by atoms with Crippen LogP contribution in [0.25, 0.3) is 0 Å². The van der Waals surface area contributed by atoms with Crippen LogP contribution in [0.1, 0.15) is 24.5 Å². The largest absolute Gasteiger partial charge is 0.496 e. The molecule has 0 amide bonds. The molecule has 1 aromatic carbocycles. The maximum Gasteiger partial charge on any atom is 0.123 e. The van der Waals surface area contributed by atoms with Gasteiger partial charge in [-0.25, -0.2) is 0 Å². The highest BCUT2D eigenvalue weighted by Crippen LogP contribution is 2.23. The van der Waals surface area contributed by atoms with E-state index in [9.17, 15) is 0 Å². The normalized spacial score (nSPS) is 19.7. The molecular weight excluding hydrogens is 264 g/mol. The first-order chi connectivity index (χ1) is 10.2. The zero-order chi connectivity index (χ0) is 15.1. The maximum atomic E-state index is 5.65. The van der Waals surface area contributed by atoms with Crippen molar-refractivity contribution in [2.45, 2.75) is 32.9 Å².